The molecule has 0 unspecified atom stereocenters. The number of benzene rings is 1. The van der Waals surface area contributed by atoms with Crippen molar-refractivity contribution < 1.29 is 19.4 Å². The van der Waals surface area contributed by atoms with Crippen LogP contribution in [0.1, 0.15) is 31.1 Å². The van der Waals surface area contributed by atoms with Crippen LogP contribution in [0.3, 0.4) is 0 Å². The van der Waals surface area contributed by atoms with Gasteiger partial charge in [-0.05, 0) is 30.4 Å². The third-order valence-corrected chi connectivity index (χ3v) is 2.81. The summed E-state index contributed by atoms with van der Waals surface area (Å²) in [5, 5.41) is 14.4. The van der Waals surface area contributed by atoms with E-state index < -0.39 is 11.4 Å². The Labute approximate surface area is 128 Å². The summed E-state index contributed by atoms with van der Waals surface area (Å²) >= 11 is 5.05. The molecule has 1 aromatic rings. The first-order chi connectivity index (χ1) is 9.65. The molecule has 6 nitrogen and oxygen atoms in total. The van der Waals surface area contributed by atoms with Gasteiger partial charge in [0.1, 0.15) is 5.75 Å². The van der Waals surface area contributed by atoms with Crippen LogP contribution in [-0.2, 0) is 4.79 Å². The van der Waals surface area contributed by atoms with Crippen LogP contribution in [0.2, 0.25) is 0 Å². The van der Waals surface area contributed by atoms with Gasteiger partial charge in [0.25, 0.3) is 0 Å². The fraction of sp³-hybridized carbons (Fsp3) is 0.357. The Hall–Kier alpha value is -2.15. The van der Waals surface area contributed by atoms with Crippen molar-refractivity contribution in [3.8, 4) is 5.75 Å². The number of amides is 1. The third kappa shape index (κ3) is 4.71. The zero-order valence-electron chi connectivity index (χ0n) is 12.3. The van der Waals surface area contributed by atoms with Crippen LogP contribution >= 0.6 is 12.2 Å². The number of carbonyl (C=O) groups excluding carboxylic acids is 1. The molecule has 0 fully saturated rings. The highest BCUT2D eigenvalue weighted by Gasteiger charge is 2.22. The van der Waals surface area contributed by atoms with Crippen LogP contribution in [0.25, 0.3) is 0 Å². The minimum absolute atomic E-state index is 0.0794. The molecule has 21 heavy (non-hydrogen) atoms. The number of thiocarbonyl (C=S) groups is 1. The topological polar surface area (TPSA) is 87.7 Å². The van der Waals surface area contributed by atoms with Crippen LogP contribution in [0.4, 0.5) is 5.69 Å². The molecular weight excluding hydrogens is 292 g/mol. The van der Waals surface area contributed by atoms with Crippen LogP contribution in [0, 0.1) is 5.41 Å². The highest BCUT2D eigenvalue weighted by atomic mass is 32.1. The fourth-order valence-corrected chi connectivity index (χ4v) is 1.59. The van der Waals surface area contributed by atoms with Crippen LogP contribution < -0.4 is 15.4 Å². The van der Waals surface area contributed by atoms with E-state index >= 15 is 0 Å². The minimum atomic E-state index is -1.06. The number of carbonyl (C=O) groups is 2. The Bertz CT molecular complexity index is 579. The Balaban J connectivity index is 2.91. The SMILES string of the molecule is COc1ccc(C(=O)O)cc1NC(=S)NC(=O)C(C)(C)C. The number of aromatic carboxylic acids is 1. The predicted octanol–water partition coefficient (Wildman–Crippen LogP) is 2.25. The van der Waals surface area contributed by atoms with Crippen molar-refractivity contribution in [2.24, 2.45) is 5.41 Å². The van der Waals surface area contributed by atoms with Crippen molar-refractivity contribution >= 4 is 34.9 Å². The van der Waals surface area contributed by atoms with Gasteiger partial charge in [0.15, 0.2) is 5.11 Å². The molecule has 0 radical (unpaired) electrons. The Morgan fingerprint density at radius 2 is 1.90 bits per heavy atom. The number of carboxylic acid groups (broad SMARTS) is 1. The van der Waals surface area contributed by atoms with Gasteiger partial charge in [-0.1, -0.05) is 20.8 Å². The summed E-state index contributed by atoms with van der Waals surface area (Å²) in [6.07, 6.45) is 0. The second-order valence-corrected chi connectivity index (χ2v) is 5.79. The third-order valence-electron chi connectivity index (χ3n) is 2.60. The quantitative estimate of drug-likeness (QED) is 0.742. The second kappa shape index (κ2) is 6.53. The van der Waals surface area contributed by atoms with Crippen molar-refractivity contribution in [3.63, 3.8) is 0 Å². The lowest BCUT2D eigenvalue weighted by molar-refractivity contribution is -0.126. The van der Waals surface area contributed by atoms with Crippen LogP contribution in [0.15, 0.2) is 18.2 Å². The van der Waals surface area contributed by atoms with E-state index in [1.807, 2.05) is 0 Å². The highest BCUT2D eigenvalue weighted by Crippen LogP contribution is 2.25. The second-order valence-electron chi connectivity index (χ2n) is 5.38. The minimum Gasteiger partial charge on any atom is -0.495 e. The Morgan fingerprint density at radius 1 is 1.29 bits per heavy atom. The molecule has 1 rings (SSSR count). The lowest BCUT2D eigenvalue weighted by atomic mass is 9.96. The maximum Gasteiger partial charge on any atom is 0.335 e. The molecule has 0 atom stereocenters. The lowest BCUT2D eigenvalue weighted by Gasteiger charge is -2.19. The van der Waals surface area contributed by atoms with E-state index in [1.165, 1.54) is 25.3 Å². The average Bonchev–Trinajstić information content (AvgIpc) is 2.37. The molecule has 0 spiro atoms. The molecule has 1 amide bonds. The van der Waals surface area contributed by atoms with E-state index in [4.69, 9.17) is 22.1 Å². The molecule has 3 N–H and O–H groups in total. The molecule has 114 valence electrons. The van der Waals surface area contributed by atoms with Crippen LogP contribution in [0.5, 0.6) is 5.75 Å². The molecule has 0 aliphatic carbocycles. The molecule has 7 heteroatoms. The molecule has 0 bridgehead atoms. The number of rotatable bonds is 3. The molecule has 0 aromatic heterocycles. The predicted molar refractivity (Wildman–Crippen MR) is 83.8 cm³/mol. The van der Waals surface area contributed by atoms with E-state index in [0.717, 1.165) is 0 Å². The number of ether oxygens (including phenoxy) is 1. The number of hydrogen-bond acceptors (Lipinski definition) is 4. The maximum atomic E-state index is 11.8. The van der Waals surface area contributed by atoms with Crippen LogP contribution in [-0.4, -0.2) is 29.2 Å². The molecule has 1 aromatic carbocycles. The van der Waals surface area contributed by atoms with Crippen molar-refractivity contribution in [3.05, 3.63) is 23.8 Å². The molecule has 0 saturated carbocycles. The largest absolute Gasteiger partial charge is 0.495 e. The summed E-state index contributed by atoms with van der Waals surface area (Å²) in [6.45, 7) is 5.28. The van der Waals surface area contributed by atoms with Gasteiger partial charge >= 0.3 is 5.97 Å². The zero-order valence-corrected chi connectivity index (χ0v) is 13.1. The number of anilines is 1. The summed E-state index contributed by atoms with van der Waals surface area (Å²) < 4.78 is 5.13. The first-order valence-electron chi connectivity index (χ1n) is 6.19. The van der Waals surface area contributed by atoms with Crippen molar-refractivity contribution in [2.75, 3.05) is 12.4 Å². The molecular formula is C14H18N2O4S. The first-order valence-corrected chi connectivity index (χ1v) is 6.59. The van der Waals surface area contributed by atoms with Gasteiger partial charge in [0.2, 0.25) is 5.91 Å². The highest BCUT2D eigenvalue weighted by molar-refractivity contribution is 7.80. The Morgan fingerprint density at radius 3 is 2.38 bits per heavy atom. The zero-order chi connectivity index (χ0) is 16.2. The summed E-state index contributed by atoms with van der Waals surface area (Å²) in [6, 6.07) is 4.32. The maximum absolute atomic E-state index is 11.8. The van der Waals surface area contributed by atoms with E-state index in [-0.39, 0.29) is 16.6 Å². The van der Waals surface area contributed by atoms with Crippen molar-refractivity contribution in [1.29, 1.82) is 0 Å². The van der Waals surface area contributed by atoms with E-state index in [0.29, 0.717) is 11.4 Å². The van der Waals surface area contributed by atoms with Gasteiger partial charge in [-0.15, -0.1) is 0 Å². The number of carboxylic acids is 1. The summed E-state index contributed by atoms with van der Waals surface area (Å²) in [5.41, 5.74) is -0.126. The fourth-order valence-electron chi connectivity index (χ4n) is 1.38. The normalized spacial score (nSPS) is 10.7. The van der Waals surface area contributed by atoms with E-state index in [1.54, 1.807) is 20.8 Å². The van der Waals surface area contributed by atoms with Gasteiger partial charge in [0.05, 0.1) is 18.4 Å². The standard InChI is InChI=1S/C14H18N2O4S/c1-14(2,3)12(19)16-13(21)15-9-7-8(11(17)18)5-6-10(9)20-4/h5-7H,1-4H3,(H,17,18)(H2,15,16,19,21). The molecule has 0 heterocycles. The molecule has 0 saturated heterocycles. The number of methoxy groups -OCH3 is 1. The van der Waals surface area contributed by atoms with Gasteiger partial charge in [0, 0.05) is 5.41 Å². The molecule has 0 aliphatic heterocycles. The lowest BCUT2D eigenvalue weighted by Crippen LogP contribution is -2.41. The monoisotopic (exact) mass is 310 g/mol. The summed E-state index contributed by atoms with van der Waals surface area (Å²) in [7, 11) is 1.46. The van der Waals surface area contributed by atoms with E-state index in [9.17, 15) is 9.59 Å². The molecule has 0 aliphatic rings. The number of hydrogen-bond donors (Lipinski definition) is 3. The van der Waals surface area contributed by atoms with E-state index in [2.05, 4.69) is 10.6 Å². The Kier molecular flexibility index (Phi) is 5.26. The average molecular weight is 310 g/mol. The van der Waals surface area contributed by atoms with Crippen molar-refractivity contribution in [1.82, 2.24) is 5.32 Å². The smallest absolute Gasteiger partial charge is 0.335 e. The number of nitrogens with one attached hydrogen (secondary N) is 2. The van der Waals surface area contributed by atoms with Gasteiger partial charge < -0.3 is 20.5 Å². The van der Waals surface area contributed by atoms with Crippen molar-refractivity contribution in [2.45, 2.75) is 20.8 Å². The first kappa shape index (κ1) is 16.9. The van der Waals surface area contributed by atoms with Gasteiger partial charge in [-0.3, -0.25) is 4.79 Å². The van der Waals surface area contributed by atoms with Gasteiger partial charge in [-0.2, -0.15) is 0 Å². The van der Waals surface area contributed by atoms with Gasteiger partial charge in [-0.25, -0.2) is 4.79 Å². The summed E-state index contributed by atoms with van der Waals surface area (Å²) in [5.74, 6) is -0.883. The summed E-state index contributed by atoms with van der Waals surface area (Å²) in [4.78, 5) is 22.8.